The lowest BCUT2D eigenvalue weighted by molar-refractivity contribution is -0.124. The second-order valence-corrected chi connectivity index (χ2v) is 6.14. The molecule has 0 heterocycles. The van der Waals surface area contributed by atoms with Gasteiger partial charge in [0.2, 0.25) is 5.91 Å². The van der Waals surface area contributed by atoms with Gasteiger partial charge in [-0.1, -0.05) is 6.07 Å². The molecular formula is C16H23FN2O2. The minimum atomic E-state index is -0.720. The molecule has 0 spiro atoms. The van der Waals surface area contributed by atoms with Crippen LogP contribution in [-0.4, -0.2) is 23.6 Å². The Hall–Kier alpha value is -1.62. The Morgan fingerprint density at radius 1 is 1.52 bits per heavy atom. The third-order valence-corrected chi connectivity index (χ3v) is 3.95. The number of halogens is 1. The summed E-state index contributed by atoms with van der Waals surface area (Å²) in [4.78, 5) is 11.8. The SMILES string of the molecule is Cc1ccc(OC2CCC(NC(C)C)(C(N)=O)C2)cc1F. The summed E-state index contributed by atoms with van der Waals surface area (Å²) in [7, 11) is 0. The summed E-state index contributed by atoms with van der Waals surface area (Å²) in [6, 6.07) is 4.98. The fourth-order valence-corrected chi connectivity index (χ4v) is 2.92. The van der Waals surface area contributed by atoms with Crippen molar-refractivity contribution in [2.75, 3.05) is 0 Å². The van der Waals surface area contributed by atoms with Gasteiger partial charge in [-0.15, -0.1) is 0 Å². The number of nitrogens with one attached hydrogen (secondary N) is 1. The van der Waals surface area contributed by atoms with Crippen molar-refractivity contribution >= 4 is 5.91 Å². The highest BCUT2D eigenvalue weighted by atomic mass is 19.1. The van der Waals surface area contributed by atoms with Crippen LogP contribution in [0.15, 0.2) is 18.2 Å². The average molecular weight is 294 g/mol. The number of hydrogen-bond donors (Lipinski definition) is 2. The van der Waals surface area contributed by atoms with Crippen molar-refractivity contribution < 1.29 is 13.9 Å². The first-order chi connectivity index (χ1) is 9.82. The van der Waals surface area contributed by atoms with Crippen molar-refractivity contribution in [1.29, 1.82) is 0 Å². The number of nitrogens with two attached hydrogens (primary N) is 1. The highest BCUT2D eigenvalue weighted by molar-refractivity contribution is 5.85. The molecule has 2 unspecified atom stereocenters. The van der Waals surface area contributed by atoms with Crippen LogP contribution in [0.1, 0.15) is 38.7 Å². The number of benzene rings is 1. The summed E-state index contributed by atoms with van der Waals surface area (Å²) < 4.78 is 19.3. The fourth-order valence-electron chi connectivity index (χ4n) is 2.92. The van der Waals surface area contributed by atoms with Gasteiger partial charge in [0.1, 0.15) is 23.2 Å². The Kier molecular flexibility index (Phi) is 4.52. The van der Waals surface area contributed by atoms with Gasteiger partial charge >= 0.3 is 0 Å². The molecule has 5 heteroatoms. The van der Waals surface area contributed by atoms with Crippen molar-refractivity contribution in [1.82, 2.24) is 5.32 Å². The summed E-state index contributed by atoms with van der Waals surface area (Å²) in [5, 5.41) is 3.26. The van der Waals surface area contributed by atoms with Crippen molar-refractivity contribution in [3.05, 3.63) is 29.6 Å². The summed E-state index contributed by atoms with van der Waals surface area (Å²) in [6.07, 6.45) is 1.74. The van der Waals surface area contributed by atoms with Crippen LogP contribution in [0.25, 0.3) is 0 Å². The third kappa shape index (κ3) is 3.53. The lowest BCUT2D eigenvalue weighted by Gasteiger charge is -2.29. The summed E-state index contributed by atoms with van der Waals surface area (Å²) >= 11 is 0. The van der Waals surface area contributed by atoms with Gasteiger partial charge in [0, 0.05) is 18.5 Å². The third-order valence-electron chi connectivity index (χ3n) is 3.95. The maximum atomic E-state index is 13.5. The molecule has 1 saturated carbocycles. The molecule has 3 N–H and O–H groups in total. The van der Waals surface area contributed by atoms with E-state index < -0.39 is 5.54 Å². The van der Waals surface area contributed by atoms with E-state index in [0.29, 0.717) is 24.2 Å². The predicted octanol–water partition coefficient (Wildman–Crippen LogP) is 2.29. The first kappa shape index (κ1) is 15.8. The largest absolute Gasteiger partial charge is 0.490 e. The molecule has 2 atom stereocenters. The van der Waals surface area contributed by atoms with E-state index in [1.807, 2.05) is 13.8 Å². The van der Waals surface area contributed by atoms with Gasteiger partial charge in [0.25, 0.3) is 0 Å². The minimum absolute atomic E-state index is 0.133. The van der Waals surface area contributed by atoms with Gasteiger partial charge in [0.05, 0.1) is 0 Å². The van der Waals surface area contributed by atoms with Crippen LogP contribution in [0.5, 0.6) is 5.75 Å². The number of amides is 1. The lowest BCUT2D eigenvalue weighted by Crippen LogP contribution is -2.56. The van der Waals surface area contributed by atoms with E-state index in [0.717, 1.165) is 6.42 Å². The van der Waals surface area contributed by atoms with Crippen LogP contribution in [0.4, 0.5) is 4.39 Å². The molecular weight excluding hydrogens is 271 g/mol. The number of rotatable bonds is 5. The zero-order valence-electron chi connectivity index (χ0n) is 12.8. The van der Waals surface area contributed by atoms with E-state index in [1.165, 1.54) is 6.07 Å². The van der Waals surface area contributed by atoms with Gasteiger partial charge in [-0.25, -0.2) is 4.39 Å². The maximum absolute atomic E-state index is 13.5. The number of aryl methyl sites for hydroxylation is 1. The monoisotopic (exact) mass is 294 g/mol. The number of carbonyl (C=O) groups is 1. The van der Waals surface area contributed by atoms with Crippen molar-refractivity contribution in [2.24, 2.45) is 5.73 Å². The Balaban J connectivity index is 2.06. The minimum Gasteiger partial charge on any atom is -0.490 e. The molecule has 0 saturated heterocycles. The molecule has 4 nitrogen and oxygen atoms in total. The first-order valence-electron chi connectivity index (χ1n) is 7.33. The van der Waals surface area contributed by atoms with Crippen LogP contribution in [0, 0.1) is 12.7 Å². The Bertz CT molecular complexity index is 533. The molecule has 0 radical (unpaired) electrons. The molecule has 1 aliphatic rings. The van der Waals surface area contributed by atoms with E-state index in [1.54, 1.807) is 19.1 Å². The molecule has 21 heavy (non-hydrogen) atoms. The Morgan fingerprint density at radius 2 is 2.24 bits per heavy atom. The zero-order valence-corrected chi connectivity index (χ0v) is 12.8. The number of ether oxygens (including phenoxy) is 1. The molecule has 1 amide bonds. The van der Waals surface area contributed by atoms with E-state index in [-0.39, 0.29) is 23.9 Å². The van der Waals surface area contributed by atoms with Crippen LogP contribution in [-0.2, 0) is 4.79 Å². The summed E-state index contributed by atoms with van der Waals surface area (Å²) in [5.74, 6) is -0.141. The predicted molar refractivity (Wildman–Crippen MR) is 79.6 cm³/mol. The van der Waals surface area contributed by atoms with Crippen molar-refractivity contribution in [2.45, 2.75) is 57.7 Å². The van der Waals surface area contributed by atoms with E-state index in [4.69, 9.17) is 10.5 Å². The van der Waals surface area contributed by atoms with E-state index in [2.05, 4.69) is 5.32 Å². The summed E-state index contributed by atoms with van der Waals surface area (Å²) in [6.45, 7) is 5.67. The summed E-state index contributed by atoms with van der Waals surface area (Å²) in [5.41, 5.74) is 5.43. The standard InChI is InChI=1S/C16H23FN2O2/c1-10(2)19-16(15(18)20)7-6-13(9-16)21-12-5-4-11(3)14(17)8-12/h4-5,8,10,13,19H,6-7,9H2,1-3H3,(H2,18,20). The lowest BCUT2D eigenvalue weighted by atomic mass is 9.95. The molecule has 0 aromatic heterocycles. The van der Waals surface area contributed by atoms with Gasteiger partial charge < -0.3 is 15.8 Å². The Morgan fingerprint density at radius 3 is 2.81 bits per heavy atom. The Labute approximate surface area is 124 Å². The fraction of sp³-hybridized carbons (Fsp3) is 0.562. The number of carbonyl (C=O) groups excluding carboxylic acids is 1. The quantitative estimate of drug-likeness (QED) is 0.875. The first-order valence-corrected chi connectivity index (χ1v) is 7.33. The zero-order chi connectivity index (χ0) is 15.6. The van der Waals surface area contributed by atoms with Crippen LogP contribution in [0.2, 0.25) is 0 Å². The second-order valence-electron chi connectivity index (χ2n) is 6.14. The maximum Gasteiger partial charge on any atom is 0.237 e. The van der Waals surface area contributed by atoms with Crippen molar-refractivity contribution in [3.8, 4) is 5.75 Å². The molecule has 1 aliphatic carbocycles. The molecule has 1 aromatic carbocycles. The average Bonchev–Trinajstić information content (AvgIpc) is 2.77. The van der Waals surface area contributed by atoms with Gasteiger partial charge in [-0.05, 0) is 45.2 Å². The van der Waals surface area contributed by atoms with Gasteiger partial charge in [-0.3, -0.25) is 4.79 Å². The highest BCUT2D eigenvalue weighted by Gasteiger charge is 2.45. The topological polar surface area (TPSA) is 64.3 Å². The van der Waals surface area contributed by atoms with Crippen molar-refractivity contribution in [3.63, 3.8) is 0 Å². The van der Waals surface area contributed by atoms with E-state index >= 15 is 0 Å². The number of hydrogen-bond acceptors (Lipinski definition) is 3. The highest BCUT2D eigenvalue weighted by Crippen LogP contribution is 2.33. The molecule has 1 fully saturated rings. The molecule has 0 bridgehead atoms. The molecule has 0 aliphatic heterocycles. The molecule has 2 rings (SSSR count). The van der Waals surface area contributed by atoms with Gasteiger partial charge in [0.15, 0.2) is 0 Å². The van der Waals surface area contributed by atoms with Crippen LogP contribution in [0.3, 0.4) is 0 Å². The number of primary amides is 1. The van der Waals surface area contributed by atoms with Gasteiger partial charge in [-0.2, -0.15) is 0 Å². The normalized spacial score (nSPS) is 25.3. The van der Waals surface area contributed by atoms with Crippen LogP contribution >= 0.6 is 0 Å². The van der Waals surface area contributed by atoms with Crippen LogP contribution < -0.4 is 15.8 Å². The smallest absolute Gasteiger partial charge is 0.237 e. The second kappa shape index (κ2) is 6.02. The molecule has 1 aromatic rings. The molecule has 116 valence electrons. The van der Waals surface area contributed by atoms with E-state index in [9.17, 15) is 9.18 Å².